The Morgan fingerprint density at radius 2 is 1.94 bits per heavy atom. The Labute approximate surface area is 117 Å². The number of methoxy groups -OCH3 is 2. The van der Waals surface area contributed by atoms with Crippen LogP contribution in [0.5, 0.6) is 11.5 Å². The standard InChI is InChI=1S/C11H12BrN3O2S/c1-16-9-3-6(7(12)4-10(9)17-2)8-5-18-11(14-8)15-13/h3-5H,13H2,1-2H3,(H,14,15). The maximum absolute atomic E-state index is 5.32. The molecule has 2 rings (SSSR count). The van der Waals surface area contributed by atoms with Crippen molar-refractivity contribution in [3.8, 4) is 22.8 Å². The quantitative estimate of drug-likeness (QED) is 0.666. The van der Waals surface area contributed by atoms with Crippen molar-refractivity contribution in [1.82, 2.24) is 4.98 Å². The van der Waals surface area contributed by atoms with Gasteiger partial charge in [-0.05, 0) is 28.1 Å². The van der Waals surface area contributed by atoms with Crippen molar-refractivity contribution in [2.45, 2.75) is 0 Å². The molecule has 3 N–H and O–H groups in total. The van der Waals surface area contributed by atoms with Gasteiger partial charge in [0.2, 0.25) is 0 Å². The number of thiazole rings is 1. The number of nitrogen functional groups attached to an aromatic ring is 1. The first-order valence-corrected chi connectivity index (χ1v) is 6.71. The third kappa shape index (κ3) is 2.43. The maximum Gasteiger partial charge on any atom is 0.197 e. The van der Waals surface area contributed by atoms with Gasteiger partial charge in [-0.15, -0.1) is 11.3 Å². The van der Waals surface area contributed by atoms with Crippen molar-refractivity contribution in [1.29, 1.82) is 0 Å². The Kier molecular flexibility index (Phi) is 4.05. The number of hydrogen-bond acceptors (Lipinski definition) is 6. The lowest BCUT2D eigenvalue weighted by Gasteiger charge is -2.10. The summed E-state index contributed by atoms with van der Waals surface area (Å²) in [5.74, 6) is 6.65. The van der Waals surface area contributed by atoms with Gasteiger partial charge in [-0.2, -0.15) is 0 Å². The van der Waals surface area contributed by atoms with Gasteiger partial charge in [0.25, 0.3) is 0 Å². The number of ether oxygens (including phenoxy) is 2. The van der Waals surface area contributed by atoms with E-state index in [4.69, 9.17) is 15.3 Å². The average Bonchev–Trinajstić information content (AvgIpc) is 2.86. The fourth-order valence-corrected chi connectivity index (χ4v) is 2.66. The Bertz CT molecular complexity index is 559. The summed E-state index contributed by atoms with van der Waals surface area (Å²) in [6, 6.07) is 3.72. The topological polar surface area (TPSA) is 69.4 Å². The zero-order valence-corrected chi connectivity index (χ0v) is 12.3. The summed E-state index contributed by atoms with van der Waals surface area (Å²) in [7, 11) is 3.20. The highest BCUT2D eigenvalue weighted by Crippen LogP contribution is 2.39. The van der Waals surface area contributed by atoms with Crippen LogP contribution in [0.3, 0.4) is 0 Å². The molecule has 1 aromatic carbocycles. The molecule has 2 aromatic rings. The lowest BCUT2D eigenvalue weighted by Crippen LogP contribution is -2.05. The van der Waals surface area contributed by atoms with Crippen molar-refractivity contribution in [3.05, 3.63) is 22.0 Å². The van der Waals surface area contributed by atoms with Crippen LogP contribution in [0.2, 0.25) is 0 Å². The van der Waals surface area contributed by atoms with Crippen molar-refractivity contribution in [2.24, 2.45) is 5.84 Å². The minimum atomic E-state index is 0.658. The van der Waals surface area contributed by atoms with Gasteiger partial charge in [-0.1, -0.05) is 0 Å². The molecular weight excluding hydrogens is 318 g/mol. The van der Waals surface area contributed by atoms with E-state index in [-0.39, 0.29) is 0 Å². The predicted octanol–water partition coefficient (Wildman–Crippen LogP) is 2.88. The highest BCUT2D eigenvalue weighted by molar-refractivity contribution is 9.10. The van der Waals surface area contributed by atoms with Crippen LogP contribution in [0, 0.1) is 0 Å². The van der Waals surface area contributed by atoms with Crippen LogP contribution in [-0.4, -0.2) is 19.2 Å². The van der Waals surface area contributed by atoms with Crippen LogP contribution < -0.4 is 20.7 Å². The summed E-state index contributed by atoms with van der Waals surface area (Å²) in [6.07, 6.45) is 0. The molecule has 0 saturated heterocycles. The molecule has 0 unspecified atom stereocenters. The Morgan fingerprint density at radius 3 is 2.50 bits per heavy atom. The number of anilines is 1. The Hall–Kier alpha value is -1.31. The van der Waals surface area contributed by atoms with Crippen molar-refractivity contribution in [3.63, 3.8) is 0 Å². The molecule has 7 heteroatoms. The first kappa shape index (κ1) is 13.1. The van der Waals surface area contributed by atoms with Gasteiger partial charge in [0.15, 0.2) is 16.6 Å². The Morgan fingerprint density at radius 1 is 1.28 bits per heavy atom. The third-order valence-electron chi connectivity index (χ3n) is 2.38. The van der Waals surface area contributed by atoms with E-state index >= 15 is 0 Å². The molecular formula is C11H12BrN3O2S. The molecule has 0 fully saturated rings. The van der Waals surface area contributed by atoms with Gasteiger partial charge in [-0.25, -0.2) is 10.8 Å². The average molecular weight is 330 g/mol. The van der Waals surface area contributed by atoms with E-state index in [1.165, 1.54) is 11.3 Å². The number of halogens is 1. The monoisotopic (exact) mass is 329 g/mol. The van der Waals surface area contributed by atoms with E-state index in [0.717, 1.165) is 15.7 Å². The van der Waals surface area contributed by atoms with Crippen LogP contribution in [0.25, 0.3) is 11.3 Å². The highest BCUT2D eigenvalue weighted by atomic mass is 79.9. The molecule has 0 bridgehead atoms. The van der Waals surface area contributed by atoms with Crippen LogP contribution in [0.1, 0.15) is 0 Å². The van der Waals surface area contributed by atoms with Crippen LogP contribution >= 0.6 is 27.3 Å². The highest BCUT2D eigenvalue weighted by Gasteiger charge is 2.13. The maximum atomic E-state index is 5.32. The van der Waals surface area contributed by atoms with Gasteiger partial charge in [-0.3, -0.25) is 5.43 Å². The first-order chi connectivity index (χ1) is 8.69. The van der Waals surface area contributed by atoms with E-state index in [1.54, 1.807) is 14.2 Å². The number of nitrogens with zero attached hydrogens (tertiary/aromatic N) is 1. The van der Waals surface area contributed by atoms with E-state index in [2.05, 4.69) is 26.3 Å². The molecule has 0 spiro atoms. The molecule has 0 aliphatic carbocycles. The number of rotatable bonds is 4. The molecule has 0 amide bonds. The lowest BCUT2D eigenvalue weighted by atomic mass is 10.1. The van der Waals surface area contributed by atoms with Gasteiger partial charge in [0.1, 0.15) is 0 Å². The van der Waals surface area contributed by atoms with E-state index in [0.29, 0.717) is 16.6 Å². The van der Waals surface area contributed by atoms with Crippen molar-refractivity contribution < 1.29 is 9.47 Å². The summed E-state index contributed by atoms with van der Waals surface area (Å²) in [6.45, 7) is 0. The summed E-state index contributed by atoms with van der Waals surface area (Å²) in [5, 5.41) is 2.58. The molecule has 18 heavy (non-hydrogen) atoms. The number of hydrogen-bond donors (Lipinski definition) is 2. The molecule has 1 heterocycles. The van der Waals surface area contributed by atoms with Crippen molar-refractivity contribution >= 4 is 32.4 Å². The summed E-state index contributed by atoms with van der Waals surface area (Å²) >= 11 is 4.93. The number of benzene rings is 1. The SMILES string of the molecule is COc1cc(Br)c(-c2csc(NN)n2)cc1OC. The lowest BCUT2D eigenvalue weighted by molar-refractivity contribution is 0.355. The second kappa shape index (κ2) is 5.55. The fourth-order valence-electron chi connectivity index (χ4n) is 1.51. The van der Waals surface area contributed by atoms with Gasteiger partial charge >= 0.3 is 0 Å². The van der Waals surface area contributed by atoms with Gasteiger partial charge < -0.3 is 9.47 Å². The number of nitrogens with two attached hydrogens (primary N) is 1. The predicted molar refractivity (Wildman–Crippen MR) is 76.2 cm³/mol. The van der Waals surface area contributed by atoms with Crippen molar-refractivity contribution in [2.75, 3.05) is 19.6 Å². The van der Waals surface area contributed by atoms with Crippen LogP contribution in [0.15, 0.2) is 22.0 Å². The minimum absolute atomic E-state index is 0.658. The number of aromatic nitrogens is 1. The van der Waals surface area contributed by atoms with E-state index in [1.807, 2.05) is 17.5 Å². The molecule has 0 aliphatic heterocycles. The summed E-state index contributed by atoms with van der Waals surface area (Å²) in [5.41, 5.74) is 4.27. The second-order valence-electron chi connectivity index (χ2n) is 3.37. The molecule has 1 aromatic heterocycles. The fraction of sp³-hybridized carbons (Fsp3) is 0.182. The van der Waals surface area contributed by atoms with Gasteiger partial charge in [0.05, 0.1) is 19.9 Å². The summed E-state index contributed by atoms with van der Waals surface area (Å²) in [4.78, 5) is 4.35. The smallest absolute Gasteiger partial charge is 0.197 e. The Balaban J connectivity index is 2.50. The second-order valence-corrected chi connectivity index (χ2v) is 5.08. The first-order valence-electron chi connectivity index (χ1n) is 5.03. The molecule has 96 valence electrons. The van der Waals surface area contributed by atoms with E-state index in [9.17, 15) is 0 Å². The summed E-state index contributed by atoms with van der Waals surface area (Å²) < 4.78 is 11.4. The molecule has 0 aliphatic rings. The van der Waals surface area contributed by atoms with E-state index < -0.39 is 0 Å². The van der Waals surface area contributed by atoms with Gasteiger partial charge in [0, 0.05) is 15.4 Å². The zero-order chi connectivity index (χ0) is 13.1. The molecule has 0 atom stereocenters. The number of hydrazine groups is 1. The normalized spacial score (nSPS) is 10.2. The molecule has 0 saturated carbocycles. The largest absolute Gasteiger partial charge is 0.493 e. The van der Waals surface area contributed by atoms with Crippen LogP contribution in [-0.2, 0) is 0 Å². The molecule has 0 radical (unpaired) electrons. The third-order valence-corrected chi connectivity index (χ3v) is 3.81. The minimum Gasteiger partial charge on any atom is -0.493 e. The zero-order valence-electron chi connectivity index (χ0n) is 9.86. The number of nitrogens with one attached hydrogen (secondary N) is 1. The van der Waals surface area contributed by atoms with Crippen LogP contribution in [0.4, 0.5) is 5.13 Å². The molecule has 5 nitrogen and oxygen atoms in total.